The number of halogens is 3. The lowest BCUT2D eigenvalue weighted by Gasteiger charge is -2.15. The van der Waals surface area contributed by atoms with E-state index >= 15 is 0 Å². The molecule has 148 valence electrons. The summed E-state index contributed by atoms with van der Waals surface area (Å²) in [5.74, 6) is 0.980. The molecule has 0 unspecified atom stereocenters. The molecule has 0 saturated carbocycles. The average Bonchev–Trinajstić information content (AvgIpc) is 3.01. The van der Waals surface area contributed by atoms with Gasteiger partial charge in [0.1, 0.15) is 18.2 Å². The minimum atomic E-state index is -0.407. The summed E-state index contributed by atoms with van der Waals surface area (Å²) in [5.41, 5.74) is 4.33. The van der Waals surface area contributed by atoms with Gasteiger partial charge in [-0.25, -0.2) is 9.07 Å². The second-order valence-corrected chi connectivity index (χ2v) is 7.34. The molecule has 0 aliphatic rings. The lowest BCUT2D eigenvalue weighted by Crippen LogP contribution is -2.18. The second kappa shape index (κ2) is 9.41. The molecule has 2 aromatic carbocycles. The van der Waals surface area contributed by atoms with Gasteiger partial charge in [0, 0.05) is 22.6 Å². The first-order valence-corrected chi connectivity index (χ1v) is 9.90. The number of aromatic nitrogens is 3. The highest BCUT2D eigenvalue weighted by molar-refractivity contribution is 7.71. The third kappa shape index (κ3) is 4.84. The highest BCUT2D eigenvalue weighted by Crippen LogP contribution is 2.26. The Balaban J connectivity index is 1.78. The van der Waals surface area contributed by atoms with Gasteiger partial charge >= 0.3 is 0 Å². The molecular formula is C19H19Cl2FN4OS. The van der Waals surface area contributed by atoms with Crippen LogP contribution in [-0.4, -0.2) is 14.9 Å². The van der Waals surface area contributed by atoms with Crippen LogP contribution in [0.1, 0.15) is 30.3 Å². The molecule has 28 heavy (non-hydrogen) atoms. The van der Waals surface area contributed by atoms with Crippen molar-refractivity contribution in [3.05, 3.63) is 74.0 Å². The van der Waals surface area contributed by atoms with E-state index in [1.54, 1.807) is 35.0 Å². The summed E-state index contributed by atoms with van der Waals surface area (Å²) in [6.45, 7) is 2.47. The Hall–Kier alpha value is -2.09. The first kappa shape index (κ1) is 20.6. The predicted molar refractivity (Wildman–Crippen MR) is 112 cm³/mol. The number of hydrogen-bond acceptors (Lipinski definition) is 4. The fourth-order valence-corrected chi connectivity index (χ4v) is 3.32. The zero-order chi connectivity index (χ0) is 20.1. The minimum Gasteiger partial charge on any atom is -0.488 e. The molecule has 1 aromatic heterocycles. The molecule has 5 nitrogen and oxygen atoms in total. The van der Waals surface area contributed by atoms with Crippen LogP contribution in [-0.2, 0) is 19.6 Å². The molecular weight excluding hydrogens is 422 g/mol. The van der Waals surface area contributed by atoms with Gasteiger partial charge in [0.25, 0.3) is 0 Å². The van der Waals surface area contributed by atoms with Crippen LogP contribution in [0.15, 0.2) is 36.4 Å². The fraction of sp³-hybridized carbons (Fsp3) is 0.263. The summed E-state index contributed by atoms with van der Waals surface area (Å²) in [6.07, 6.45) is 1.72. The molecule has 2 N–H and O–H groups in total. The van der Waals surface area contributed by atoms with E-state index < -0.39 is 5.82 Å². The van der Waals surface area contributed by atoms with E-state index in [9.17, 15) is 4.39 Å². The topological polar surface area (TPSA) is 54.9 Å². The molecule has 1 heterocycles. The smallest absolute Gasteiger partial charge is 0.214 e. The van der Waals surface area contributed by atoms with Crippen LogP contribution in [0.25, 0.3) is 0 Å². The first-order valence-electron chi connectivity index (χ1n) is 8.74. The van der Waals surface area contributed by atoms with E-state index in [0.29, 0.717) is 32.7 Å². The third-order valence-electron chi connectivity index (χ3n) is 4.10. The maximum Gasteiger partial charge on any atom is 0.214 e. The lowest BCUT2D eigenvalue weighted by atomic mass is 10.2. The number of rotatable bonds is 8. The van der Waals surface area contributed by atoms with Crippen LogP contribution in [0.4, 0.5) is 4.39 Å². The molecule has 0 aliphatic heterocycles. The number of nitrogens with one attached hydrogen (secondary N) is 2. The van der Waals surface area contributed by atoms with Crippen molar-refractivity contribution in [2.45, 2.75) is 32.9 Å². The van der Waals surface area contributed by atoms with Gasteiger partial charge in [0.05, 0.1) is 11.6 Å². The average molecular weight is 441 g/mol. The largest absolute Gasteiger partial charge is 0.488 e. The summed E-state index contributed by atoms with van der Waals surface area (Å²) in [7, 11) is 0. The van der Waals surface area contributed by atoms with Crippen molar-refractivity contribution in [3.63, 3.8) is 0 Å². The molecule has 0 fully saturated rings. The highest BCUT2D eigenvalue weighted by atomic mass is 35.5. The van der Waals surface area contributed by atoms with Crippen molar-refractivity contribution in [2.75, 3.05) is 5.43 Å². The van der Waals surface area contributed by atoms with Crippen molar-refractivity contribution >= 4 is 35.4 Å². The summed E-state index contributed by atoms with van der Waals surface area (Å²) >= 11 is 17.5. The van der Waals surface area contributed by atoms with Gasteiger partial charge in [-0.3, -0.25) is 5.10 Å². The van der Waals surface area contributed by atoms with Gasteiger partial charge in [-0.15, -0.1) is 0 Å². The molecule has 9 heteroatoms. The van der Waals surface area contributed by atoms with Gasteiger partial charge in [-0.1, -0.05) is 36.2 Å². The Bertz CT molecular complexity index is 1000. The number of aryl methyl sites for hydroxylation is 1. The van der Waals surface area contributed by atoms with Crippen LogP contribution in [0, 0.1) is 10.6 Å². The van der Waals surface area contributed by atoms with Gasteiger partial charge in [0.15, 0.2) is 5.82 Å². The fourth-order valence-electron chi connectivity index (χ4n) is 2.70. The van der Waals surface area contributed by atoms with Crippen LogP contribution in [0.2, 0.25) is 10.0 Å². The number of H-pyrrole nitrogens is 1. The summed E-state index contributed by atoms with van der Waals surface area (Å²) in [5, 5.41) is 7.89. The maximum atomic E-state index is 14.0. The Morgan fingerprint density at radius 3 is 2.86 bits per heavy atom. The van der Waals surface area contributed by atoms with Crippen molar-refractivity contribution in [1.29, 1.82) is 0 Å². The quantitative estimate of drug-likeness (QED) is 0.443. The predicted octanol–water partition coefficient (Wildman–Crippen LogP) is 5.66. The number of aromatic amines is 1. The van der Waals surface area contributed by atoms with Crippen LogP contribution >= 0.6 is 35.4 Å². The number of ether oxygens (including phenoxy) is 1. The molecule has 0 amide bonds. The normalized spacial score (nSPS) is 10.9. The van der Waals surface area contributed by atoms with Gasteiger partial charge in [-0.05, 0) is 49.0 Å². The van der Waals surface area contributed by atoms with Crippen LogP contribution < -0.4 is 10.2 Å². The van der Waals surface area contributed by atoms with Gasteiger partial charge in [-0.2, -0.15) is 5.10 Å². The van der Waals surface area contributed by atoms with Crippen molar-refractivity contribution in [1.82, 2.24) is 14.9 Å². The molecule has 0 spiro atoms. The Morgan fingerprint density at radius 1 is 1.29 bits per heavy atom. The van der Waals surface area contributed by atoms with Gasteiger partial charge < -0.3 is 10.2 Å². The molecule has 0 bridgehead atoms. The first-order chi connectivity index (χ1) is 13.5. The number of benzene rings is 2. The molecule has 3 aromatic rings. The van der Waals surface area contributed by atoms with E-state index in [1.807, 2.05) is 0 Å². The molecule has 0 saturated heterocycles. The standard InChI is InChI=1S/C19H19Cl2FN4OS/c1-2-4-18-24-25-19(28)26(18)23-10-12-9-13(20)7-8-17(12)27-11-14-15(21)5-3-6-16(14)22/h3,5-9,23H,2,4,10-11H2,1H3,(H,25,28). The molecule has 0 radical (unpaired) electrons. The minimum absolute atomic E-state index is 0.00631. The van der Waals surface area contributed by atoms with E-state index in [1.165, 1.54) is 6.07 Å². The monoisotopic (exact) mass is 440 g/mol. The molecule has 0 atom stereocenters. The summed E-state index contributed by atoms with van der Waals surface area (Å²) in [4.78, 5) is 0. The molecule has 3 rings (SSSR count). The van der Waals surface area contributed by atoms with Crippen molar-refractivity contribution in [3.8, 4) is 5.75 Å². The highest BCUT2D eigenvalue weighted by Gasteiger charge is 2.11. The van der Waals surface area contributed by atoms with Gasteiger partial charge in [0.2, 0.25) is 4.77 Å². The number of hydrogen-bond donors (Lipinski definition) is 2. The third-order valence-corrected chi connectivity index (χ3v) is 4.96. The zero-order valence-electron chi connectivity index (χ0n) is 15.1. The Kier molecular flexibility index (Phi) is 6.93. The van der Waals surface area contributed by atoms with E-state index in [0.717, 1.165) is 24.2 Å². The van der Waals surface area contributed by atoms with Crippen LogP contribution in [0.3, 0.4) is 0 Å². The van der Waals surface area contributed by atoms with E-state index in [4.69, 9.17) is 40.2 Å². The van der Waals surface area contributed by atoms with Crippen molar-refractivity contribution in [2.24, 2.45) is 0 Å². The lowest BCUT2D eigenvalue weighted by molar-refractivity contribution is 0.297. The Morgan fingerprint density at radius 2 is 2.11 bits per heavy atom. The second-order valence-electron chi connectivity index (χ2n) is 6.11. The summed E-state index contributed by atoms with van der Waals surface area (Å²) in [6, 6.07) is 9.79. The Labute approximate surface area is 177 Å². The SMILES string of the molecule is CCCc1n[nH]c(=S)n1NCc1cc(Cl)ccc1OCc1c(F)cccc1Cl. The van der Waals surface area contributed by atoms with E-state index in [2.05, 4.69) is 22.5 Å². The van der Waals surface area contributed by atoms with Crippen molar-refractivity contribution < 1.29 is 9.13 Å². The van der Waals surface area contributed by atoms with E-state index in [-0.39, 0.29) is 6.61 Å². The maximum absolute atomic E-state index is 14.0. The molecule has 0 aliphatic carbocycles. The zero-order valence-corrected chi connectivity index (χ0v) is 17.5. The van der Waals surface area contributed by atoms with Crippen LogP contribution in [0.5, 0.6) is 5.75 Å². The number of nitrogens with zero attached hydrogens (tertiary/aromatic N) is 2. The summed E-state index contributed by atoms with van der Waals surface area (Å²) < 4.78 is 22.0.